The van der Waals surface area contributed by atoms with E-state index in [4.69, 9.17) is 11.6 Å². The van der Waals surface area contributed by atoms with Crippen LogP contribution in [0.4, 0.5) is 0 Å². The quantitative estimate of drug-likeness (QED) is 0.801. The maximum Gasteiger partial charge on any atom is 0.329 e. The van der Waals surface area contributed by atoms with Crippen LogP contribution in [0.5, 0.6) is 5.75 Å². The van der Waals surface area contributed by atoms with Gasteiger partial charge < -0.3 is 15.5 Å². The van der Waals surface area contributed by atoms with Crippen LogP contribution in [-0.4, -0.2) is 27.6 Å². The number of halogens is 1. The molecule has 1 aromatic carbocycles. The van der Waals surface area contributed by atoms with E-state index in [1.165, 1.54) is 18.2 Å². The van der Waals surface area contributed by atoms with E-state index in [0.29, 0.717) is 17.9 Å². The zero-order chi connectivity index (χ0) is 15.6. The van der Waals surface area contributed by atoms with Crippen LogP contribution in [0.3, 0.4) is 0 Å². The van der Waals surface area contributed by atoms with Crippen molar-refractivity contribution in [1.29, 1.82) is 0 Å². The van der Waals surface area contributed by atoms with Gasteiger partial charge in [-0.15, -0.1) is 0 Å². The van der Waals surface area contributed by atoms with E-state index in [1.54, 1.807) is 0 Å². The molecule has 1 fully saturated rings. The van der Waals surface area contributed by atoms with Crippen molar-refractivity contribution in [2.45, 2.75) is 38.1 Å². The summed E-state index contributed by atoms with van der Waals surface area (Å²) in [6.07, 6.45) is 2.47. The lowest BCUT2D eigenvalue weighted by Gasteiger charge is -2.37. The molecule has 114 valence electrons. The van der Waals surface area contributed by atoms with Crippen LogP contribution in [0, 0.1) is 5.92 Å². The summed E-state index contributed by atoms with van der Waals surface area (Å²) in [5.41, 5.74) is -1.29. The van der Waals surface area contributed by atoms with Crippen LogP contribution in [0.15, 0.2) is 18.2 Å². The summed E-state index contributed by atoms with van der Waals surface area (Å²) in [4.78, 5) is 23.9. The Kier molecular flexibility index (Phi) is 4.42. The largest absolute Gasteiger partial charge is 0.507 e. The van der Waals surface area contributed by atoms with Crippen LogP contribution in [0.2, 0.25) is 5.02 Å². The Morgan fingerprint density at radius 1 is 1.43 bits per heavy atom. The Labute approximate surface area is 127 Å². The molecule has 0 aliphatic heterocycles. The zero-order valence-electron chi connectivity index (χ0n) is 11.7. The molecule has 6 heteroatoms. The number of nitrogens with one attached hydrogen (secondary N) is 1. The third kappa shape index (κ3) is 3.29. The number of carboxylic acids is 1. The van der Waals surface area contributed by atoms with Crippen molar-refractivity contribution >= 4 is 23.5 Å². The molecule has 0 aromatic heterocycles. The van der Waals surface area contributed by atoms with Crippen molar-refractivity contribution < 1.29 is 19.8 Å². The van der Waals surface area contributed by atoms with Crippen molar-refractivity contribution in [3.63, 3.8) is 0 Å². The molecule has 1 aromatic rings. The molecule has 1 aliphatic carbocycles. The predicted octanol–water partition coefficient (Wildman–Crippen LogP) is 2.81. The molecule has 0 radical (unpaired) electrons. The maximum atomic E-state index is 12.3. The van der Waals surface area contributed by atoms with Gasteiger partial charge in [0.2, 0.25) is 0 Å². The van der Waals surface area contributed by atoms with Gasteiger partial charge in [-0.3, -0.25) is 4.79 Å². The zero-order valence-corrected chi connectivity index (χ0v) is 12.5. The number of hydrogen-bond donors (Lipinski definition) is 3. The van der Waals surface area contributed by atoms with Gasteiger partial charge in [-0.2, -0.15) is 0 Å². The van der Waals surface area contributed by atoms with Gasteiger partial charge >= 0.3 is 5.97 Å². The van der Waals surface area contributed by atoms with Crippen LogP contribution in [-0.2, 0) is 4.79 Å². The third-order valence-electron chi connectivity index (χ3n) is 3.96. The number of phenols is 1. The second-order valence-corrected chi connectivity index (χ2v) is 6.14. The highest BCUT2D eigenvalue weighted by atomic mass is 35.5. The van der Waals surface area contributed by atoms with E-state index < -0.39 is 17.4 Å². The highest BCUT2D eigenvalue weighted by molar-refractivity contribution is 6.31. The first kappa shape index (κ1) is 15.6. The van der Waals surface area contributed by atoms with Crippen molar-refractivity contribution in [3.05, 3.63) is 28.8 Å². The number of phenolic OH excluding ortho intramolecular Hbond substituents is 1. The Morgan fingerprint density at radius 2 is 2.14 bits per heavy atom. The van der Waals surface area contributed by atoms with Crippen molar-refractivity contribution in [3.8, 4) is 5.75 Å². The first-order chi connectivity index (χ1) is 9.84. The fourth-order valence-electron chi connectivity index (χ4n) is 2.89. The Morgan fingerprint density at radius 3 is 2.76 bits per heavy atom. The average Bonchev–Trinajstić information content (AvgIpc) is 2.41. The first-order valence-electron chi connectivity index (χ1n) is 6.88. The van der Waals surface area contributed by atoms with Gasteiger partial charge in [0.1, 0.15) is 11.3 Å². The molecule has 2 rings (SSSR count). The van der Waals surface area contributed by atoms with Gasteiger partial charge in [-0.1, -0.05) is 31.4 Å². The Bertz CT molecular complexity index is 575. The molecule has 1 saturated carbocycles. The number of carbonyl (C=O) groups excluding carboxylic acids is 1. The third-order valence-corrected chi connectivity index (χ3v) is 4.20. The molecule has 0 heterocycles. The maximum absolute atomic E-state index is 12.3. The molecule has 0 saturated heterocycles. The molecule has 3 N–H and O–H groups in total. The number of amides is 1. The summed E-state index contributed by atoms with van der Waals surface area (Å²) in [6, 6.07) is 4.10. The summed E-state index contributed by atoms with van der Waals surface area (Å²) < 4.78 is 0. The molecule has 0 bridgehead atoms. The van der Waals surface area contributed by atoms with E-state index >= 15 is 0 Å². The normalized spacial score (nSPS) is 25.3. The number of aromatic hydroxyl groups is 1. The highest BCUT2D eigenvalue weighted by Gasteiger charge is 2.43. The number of aliphatic carboxylic acids is 1. The van der Waals surface area contributed by atoms with E-state index in [1.807, 2.05) is 6.92 Å². The monoisotopic (exact) mass is 311 g/mol. The van der Waals surface area contributed by atoms with Crippen molar-refractivity contribution in [2.75, 3.05) is 0 Å². The SMILES string of the molecule is CC1CCCC(NC(=O)c2cc(Cl)ccc2O)(C(=O)O)C1. The van der Waals surface area contributed by atoms with Crippen molar-refractivity contribution in [1.82, 2.24) is 5.32 Å². The summed E-state index contributed by atoms with van der Waals surface area (Å²) in [6.45, 7) is 1.97. The molecule has 2 unspecified atom stereocenters. The lowest BCUT2D eigenvalue weighted by molar-refractivity contribution is -0.146. The van der Waals surface area contributed by atoms with Crippen LogP contribution in [0.1, 0.15) is 43.0 Å². The minimum absolute atomic E-state index is 0.0126. The average molecular weight is 312 g/mol. The second-order valence-electron chi connectivity index (χ2n) is 5.70. The van der Waals surface area contributed by atoms with Gasteiger partial charge in [0, 0.05) is 5.02 Å². The summed E-state index contributed by atoms with van der Waals surface area (Å²) in [5.74, 6) is -1.65. The molecule has 21 heavy (non-hydrogen) atoms. The van der Waals surface area contributed by atoms with Gasteiger partial charge in [-0.25, -0.2) is 4.79 Å². The van der Waals surface area contributed by atoms with Gasteiger partial charge in [-0.05, 0) is 37.0 Å². The number of carbonyl (C=O) groups is 2. The predicted molar refractivity (Wildman–Crippen MR) is 78.6 cm³/mol. The minimum atomic E-state index is -1.27. The fourth-order valence-corrected chi connectivity index (χ4v) is 3.06. The number of rotatable bonds is 3. The fraction of sp³-hybridized carbons (Fsp3) is 0.467. The number of carboxylic acid groups (broad SMARTS) is 1. The number of benzene rings is 1. The van der Waals surface area contributed by atoms with Crippen LogP contribution < -0.4 is 5.32 Å². The molecule has 1 aliphatic rings. The molecule has 2 atom stereocenters. The van der Waals surface area contributed by atoms with Gasteiger partial charge in [0.15, 0.2) is 0 Å². The van der Waals surface area contributed by atoms with Crippen LogP contribution in [0.25, 0.3) is 0 Å². The van der Waals surface area contributed by atoms with Crippen LogP contribution >= 0.6 is 11.6 Å². The highest BCUT2D eigenvalue weighted by Crippen LogP contribution is 2.33. The lowest BCUT2D eigenvalue weighted by atomic mass is 9.76. The van der Waals surface area contributed by atoms with Gasteiger partial charge in [0.25, 0.3) is 5.91 Å². The topological polar surface area (TPSA) is 86.6 Å². The molecular formula is C15H18ClNO4. The summed E-state index contributed by atoms with van der Waals surface area (Å²) >= 11 is 5.82. The van der Waals surface area contributed by atoms with E-state index in [0.717, 1.165) is 12.8 Å². The number of hydrogen-bond acceptors (Lipinski definition) is 3. The lowest BCUT2D eigenvalue weighted by Crippen LogP contribution is -2.56. The van der Waals surface area contributed by atoms with Crippen molar-refractivity contribution in [2.24, 2.45) is 5.92 Å². The Balaban J connectivity index is 2.27. The minimum Gasteiger partial charge on any atom is -0.507 e. The Hall–Kier alpha value is -1.75. The van der Waals surface area contributed by atoms with E-state index in [9.17, 15) is 19.8 Å². The van der Waals surface area contributed by atoms with E-state index in [-0.39, 0.29) is 17.2 Å². The molecular weight excluding hydrogens is 294 g/mol. The second kappa shape index (κ2) is 5.93. The standard InChI is InChI=1S/C15H18ClNO4/c1-9-3-2-6-15(8-9,14(20)21)17-13(19)11-7-10(16)4-5-12(11)18/h4-5,7,9,18H,2-3,6,8H2,1H3,(H,17,19)(H,20,21). The molecule has 1 amide bonds. The van der Waals surface area contributed by atoms with Gasteiger partial charge in [0.05, 0.1) is 5.56 Å². The smallest absolute Gasteiger partial charge is 0.329 e. The summed E-state index contributed by atoms with van der Waals surface area (Å²) in [7, 11) is 0. The molecule has 5 nitrogen and oxygen atoms in total. The summed E-state index contributed by atoms with van der Waals surface area (Å²) in [5, 5.41) is 22.2. The first-order valence-corrected chi connectivity index (χ1v) is 7.26. The molecule has 0 spiro atoms. The van der Waals surface area contributed by atoms with E-state index in [2.05, 4.69) is 5.32 Å².